The topological polar surface area (TPSA) is 29.1 Å². The third-order valence-electron chi connectivity index (χ3n) is 1.89. The summed E-state index contributed by atoms with van der Waals surface area (Å²) >= 11 is 5.15. The molecule has 0 radical (unpaired) electrons. The zero-order valence-corrected chi connectivity index (χ0v) is 8.85. The van der Waals surface area contributed by atoms with Crippen molar-refractivity contribution in [2.45, 2.75) is 12.2 Å². The van der Waals surface area contributed by atoms with Crippen molar-refractivity contribution in [1.29, 1.82) is 0 Å². The summed E-state index contributed by atoms with van der Waals surface area (Å²) in [6.45, 7) is 0. The van der Waals surface area contributed by atoms with Crippen LogP contribution in [0.1, 0.15) is 11.6 Å². The number of amides is 1. The number of hydrogen-bond acceptors (Lipinski definition) is 1. The van der Waals surface area contributed by atoms with Gasteiger partial charge in [0, 0.05) is 0 Å². The largest absolute Gasteiger partial charge is 0.412 e. The maximum absolute atomic E-state index is 12.6. The smallest absolute Gasteiger partial charge is 0.340 e. The van der Waals surface area contributed by atoms with Gasteiger partial charge in [0.25, 0.3) is 0 Å². The summed E-state index contributed by atoms with van der Waals surface area (Å²) in [5, 5.41) is 1.83. The van der Waals surface area contributed by atoms with Crippen LogP contribution >= 0.6 is 11.6 Å². The maximum Gasteiger partial charge on any atom is 0.412 e. The second kappa shape index (κ2) is 5.21. The molecule has 0 fully saturated rings. The summed E-state index contributed by atoms with van der Waals surface area (Å²) in [6.07, 6.45) is -4.54. The fourth-order valence-electron chi connectivity index (χ4n) is 1.20. The highest BCUT2D eigenvalue weighted by Crippen LogP contribution is 2.32. The highest BCUT2D eigenvalue weighted by molar-refractivity contribution is 6.27. The molecular formula is C10H9ClF3NO. The zero-order valence-electron chi connectivity index (χ0n) is 8.09. The quantitative estimate of drug-likeness (QED) is 0.822. The van der Waals surface area contributed by atoms with E-state index in [1.54, 1.807) is 6.07 Å². The lowest BCUT2D eigenvalue weighted by Gasteiger charge is -2.21. The van der Waals surface area contributed by atoms with Crippen LogP contribution in [0.5, 0.6) is 0 Å². The summed E-state index contributed by atoms with van der Waals surface area (Å²) in [5.74, 6) is -1.35. The first-order chi connectivity index (χ1) is 7.45. The molecule has 88 valence electrons. The van der Waals surface area contributed by atoms with Crippen LogP contribution in [0.4, 0.5) is 13.2 Å². The van der Waals surface area contributed by atoms with Crippen LogP contribution in [0.25, 0.3) is 0 Å². The minimum absolute atomic E-state index is 0.0199. The van der Waals surface area contributed by atoms with Crippen molar-refractivity contribution in [2.24, 2.45) is 0 Å². The van der Waals surface area contributed by atoms with Gasteiger partial charge in [0.2, 0.25) is 5.91 Å². The van der Waals surface area contributed by atoms with E-state index in [1.807, 2.05) is 5.32 Å². The Balaban J connectivity index is 2.93. The third-order valence-corrected chi connectivity index (χ3v) is 2.13. The van der Waals surface area contributed by atoms with Crippen LogP contribution in [0, 0.1) is 0 Å². The van der Waals surface area contributed by atoms with Crippen molar-refractivity contribution in [3.8, 4) is 0 Å². The number of carbonyl (C=O) groups is 1. The first-order valence-electron chi connectivity index (χ1n) is 4.42. The Morgan fingerprint density at radius 1 is 1.31 bits per heavy atom. The van der Waals surface area contributed by atoms with Crippen LogP contribution in [0.2, 0.25) is 0 Å². The molecule has 1 aromatic rings. The summed E-state index contributed by atoms with van der Waals surface area (Å²) in [5.41, 5.74) is -0.0199. The molecule has 0 unspecified atom stereocenters. The molecule has 6 heteroatoms. The van der Waals surface area contributed by atoms with Gasteiger partial charge in [0.05, 0.1) is 0 Å². The Morgan fingerprint density at radius 2 is 1.88 bits per heavy atom. The first kappa shape index (κ1) is 12.8. The maximum atomic E-state index is 12.6. The van der Waals surface area contributed by atoms with E-state index in [0.29, 0.717) is 0 Å². The summed E-state index contributed by atoms with van der Waals surface area (Å²) < 4.78 is 37.9. The minimum atomic E-state index is -4.54. The van der Waals surface area contributed by atoms with Gasteiger partial charge in [-0.2, -0.15) is 13.2 Å². The van der Waals surface area contributed by atoms with Crippen LogP contribution in [0.15, 0.2) is 30.3 Å². The van der Waals surface area contributed by atoms with Crippen LogP contribution < -0.4 is 5.32 Å². The molecule has 0 aliphatic rings. The number of rotatable bonds is 3. The van der Waals surface area contributed by atoms with Crippen molar-refractivity contribution in [3.63, 3.8) is 0 Å². The van der Waals surface area contributed by atoms with E-state index in [4.69, 9.17) is 11.6 Å². The van der Waals surface area contributed by atoms with Gasteiger partial charge in [0.15, 0.2) is 6.04 Å². The molecule has 2 nitrogen and oxygen atoms in total. The van der Waals surface area contributed by atoms with Gasteiger partial charge in [-0.3, -0.25) is 4.79 Å². The molecule has 0 saturated carbocycles. The predicted molar refractivity (Wildman–Crippen MR) is 54.1 cm³/mol. The molecule has 0 spiro atoms. The Hall–Kier alpha value is -1.23. The second-order valence-corrected chi connectivity index (χ2v) is 3.35. The molecule has 0 aromatic heterocycles. The van der Waals surface area contributed by atoms with Gasteiger partial charge in [0.1, 0.15) is 5.88 Å². The standard InChI is InChI=1S/C10H9ClF3NO/c11-6-8(16)15-9(10(12,13)14)7-4-2-1-3-5-7/h1-5,9H,6H2,(H,15,16)/t9-/m1/s1. The van der Waals surface area contributed by atoms with Crippen molar-refractivity contribution >= 4 is 17.5 Å². The summed E-state index contributed by atoms with van der Waals surface area (Å²) in [7, 11) is 0. The van der Waals surface area contributed by atoms with E-state index < -0.39 is 24.0 Å². The lowest BCUT2D eigenvalue weighted by Crippen LogP contribution is -2.38. The molecule has 1 atom stereocenters. The molecule has 1 N–H and O–H groups in total. The minimum Gasteiger partial charge on any atom is -0.340 e. The molecular weight excluding hydrogens is 243 g/mol. The Kier molecular flexibility index (Phi) is 4.18. The van der Waals surface area contributed by atoms with Crippen molar-refractivity contribution in [1.82, 2.24) is 5.32 Å². The van der Waals surface area contributed by atoms with E-state index in [2.05, 4.69) is 0 Å². The van der Waals surface area contributed by atoms with Gasteiger partial charge in [-0.25, -0.2) is 0 Å². The molecule has 0 heterocycles. The Bertz CT molecular complexity index is 353. The Labute approximate surface area is 95.4 Å². The predicted octanol–water partition coefficient (Wildman–Crippen LogP) is 2.65. The molecule has 1 aromatic carbocycles. The average Bonchev–Trinajstić information content (AvgIpc) is 2.25. The number of benzene rings is 1. The number of halogens is 4. The summed E-state index contributed by atoms with van der Waals surface area (Å²) in [6, 6.07) is 5.13. The fraction of sp³-hybridized carbons (Fsp3) is 0.300. The van der Waals surface area contributed by atoms with Crippen molar-refractivity contribution in [2.75, 3.05) is 5.88 Å². The van der Waals surface area contributed by atoms with E-state index in [-0.39, 0.29) is 5.56 Å². The number of alkyl halides is 4. The normalized spacial score (nSPS) is 13.2. The molecule has 0 aliphatic heterocycles. The summed E-state index contributed by atoms with van der Waals surface area (Å²) in [4.78, 5) is 10.9. The molecule has 0 aliphatic carbocycles. The van der Waals surface area contributed by atoms with Crippen LogP contribution in [0.3, 0.4) is 0 Å². The molecule has 0 saturated heterocycles. The van der Waals surface area contributed by atoms with Crippen LogP contribution in [-0.4, -0.2) is 18.0 Å². The van der Waals surface area contributed by atoms with E-state index in [1.165, 1.54) is 24.3 Å². The monoisotopic (exact) mass is 251 g/mol. The van der Waals surface area contributed by atoms with E-state index in [9.17, 15) is 18.0 Å². The van der Waals surface area contributed by atoms with E-state index >= 15 is 0 Å². The average molecular weight is 252 g/mol. The number of carbonyl (C=O) groups excluding carboxylic acids is 1. The molecule has 0 bridgehead atoms. The third kappa shape index (κ3) is 3.41. The van der Waals surface area contributed by atoms with Gasteiger partial charge in [-0.05, 0) is 5.56 Å². The number of nitrogens with one attached hydrogen (secondary N) is 1. The van der Waals surface area contributed by atoms with Gasteiger partial charge >= 0.3 is 6.18 Å². The van der Waals surface area contributed by atoms with Gasteiger partial charge in [-0.1, -0.05) is 30.3 Å². The van der Waals surface area contributed by atoms with E-state index in [0.717, 1.165) is 0 Å². The number of hydrogen-bond donors (Lipinski definition) is 1. The SMILES string of the molecule is O=C(CCl)N[C@H](c1ccccc1)C(F)(F)F. The molecule has 16 heavy (non-hydrogen) atoms. The highest BCUT2D eigenvalue weighted by Gasteiger charge is 2.41. The van der Waals surface area contributed by atoms with Gasteiger partial charge < -0.3 is 5.32 Å². The van der Waals surface area contributed by atoms with Crippen molar-refractivity contribution in [3.05, 3.63) is 35.9 Å². The molecule has 1 rings (SSSR count). The Morgan fingerprint density at radius 3 is 2.31 bits per heavy atom. The highest BCUT2D eigenvalue weighted by atomic mass is 35.5. The first-order valence-corrected chi connectivity index (χ1v) is 4.95. The fourth-order valence-corrected chi connectivity index (χ4v) is 1.28. The lowest BCUT2D eigenvalue weighted by molar-refractivity contribution is -0.162. The lowest BCUT2D eigenvalue weighted by atomic mass is 10.1. The van der Waals surface area contributed by atoms with Crippen LogP contribution in [-0.2, 0) is 4.79 Å². The molecule has 1 amide bonds. The zero-order chi connectivity index (χ0) is 12.2. The second-order valence-electron chi connectivity index (χ2n) is 3.09. The van der Waals surface area contributed by atoms with Crippen molar-refractivity contribution < 1.29 is 18.0 Å². The van der Waals surface area contributed by atoms with Gasteiger partial charge in [-0.15, -0.1) is 11.6 Å².